The standard InChI is InChI=1S/C21H40O7Si/c1-11-23-18(22)17-16(27-21(7,8)28-17)15-14(25-20(5,6)26-15)12-13-24-29(9,10)19(2,3)4/h14-17H,11-13H2,1-10H3/t14-,15+,16-,17+/m1/s1. The molecule has 0 unspecified atom stereocenters. The molecule has 170 valence electrons. The summed E-state index contributed by atoms with van der Waals surface area (Å²) in [4.78, 5) is 12.5. The summed E-state index contributed by atoms with van der Waals surface area (Å²) >= 11 is 0. The van der Waals surface area contributed by atoms with Gasteiger partial charge in [-0.1, -0.05) is 20.8 Å². The highest BCUT2D eigenvalue weighted by molar-refractivity contribution is 6.74. The Bertz CT molecular complexity index is 582. The van der Waals surface area contributed by atoms with E-state index in [2.05, 4.69) is 33.9 Å². The molecule has 0 N–H and O–H groups in total. The minimum absolute atomic E-state index is 0.139. The monoisotopic (exact) mass is 432 g/mol. The van der Waals surface area contributed by atoms with Crippen molar-refractivity contribution in [1.82, 2.24) is 0 Å². The van der Waals surface area contributed by atoms with E-state index in [1.807, 2.05) is 13.8 Å². The molecule has 29 heavy (non-hydrogen) atoms. The van der Waals surface area contributed by atoms with E-state index in [0.29, 0.717) is 13.0 Å². The molecule has 2 saturated heterocycles. The highest BCUT2D eigenvalue weighted by Gasteiger charge is 2.56. The Morgan fingerprint density at radius 1 is 0.966 bits per heavy atom. The maximum Gasteiger partial charge on any atom is 0.338 e. The Labute approximate surface area is 176 Å². The van der Waals surface area contributed by atoms with Crippen molar-refractivity contribution in [2.24, 2.45) is 0 Å². The van der Waals surface area contributed by atoms with Gasteiger partial charge in [-0.05, 0) is 59.2 Å². The van der Waals surface area contributed by atoms with Crippen molar-refractivity contribution in [2.75, 3.05) is 13.2 Å². The Morgan fingerprint density at radius 2 is 1.52 bits per heavy atom. The van der Waals surface area contributed by atoms with Crippen LogP contribution < -0.4 is 0 Å². The van der Waals surface area contributed by atoms with Crippen LogP contribution in [0.2, 0.25) is 18.1 Å². The number of rotatable bonds is 7. The van der Waals surface area contributed by atoms with Gasteiger partial charge in [0.05, 0.1) is 12.7 Å². The van der Waals surface area contributed by atoms with Crippen molar-refractivity contribution < 1.29 is 32.9 Å². The molecule has 7 nitrogen and oxygen atoms in total. The lowest BCUT2D eigenvalue weighted by molar-refractivity contribution is -0.176. The van der Waals surface area contributed by atoms with Crippen LogP contribution in [0, 0.1) is 0 Å². The average molecular weight is 433 g/mol. The van der Waals surface area contributed by atoms with Crippen LogP contribution >= 0.6 is 0 Å². The molecule has 4 atom stereocenters. The predicted molar refractivity (Wildman–Crippen MR) is 112 cm³/mol. The minimum Gasteiger partial charge on any atom is -0.464 e. The number of esters is 1. The second kappa shape index (κ2) is 8.55. The molecule has 0 aromatic heterocycles. The van der Waals surface area contributed by atoms with Gasteiger partial charge in [0.15, 0.2) is 26.0 Å². The average Bonchev–Trinajstić information content (AvgIpc) is 3.02. The Hall–Kier alpha value is -0.513. The van der Waals surface area contributed by atoms with E-state index < -0.39 is 44.2 Å². The van der Waals surface area contributed by atoms with E-state index in [-0.39, 0.29) is 17.7 Å². The molecule has 0 saturated carbocycles. The van der Waals surface area contributed by atoms with E-state index in [4.69, 9.17) is 28.1 Å². The molecular formula is C21H40O7Si. The van der Waals surface area contributed by atoms with Crippen LogP contribution in [0.15, 0.2) is 0 Å². The lowest BCUT2D eigenvalue weighted by Gasteiger charge is -2.36. The summed E-state index contributed by atoms with van der Waals surface area (Å²) in [5.41, 5.74) is 0. The van der Waals surface area contributed by atoms with E-state index in [0.717, 1.165) is 0 Å². The highest BCUT2D eigenvalue weighted by Crippen LogP contribution is 2.41. The third kappa shape index (κ3) is 6.01. The zero-order valence-electron chi connectivity index (χ0n) is 19.8. The van der Waals surface area contributed by atoms with Crippen molar-refractivity contribution in [3.05, 3.63) is 0 Å². The Kier molecular flexibility index (Phi) is 7.30. The number of hydrogen-bond acceptors (Lipinski definition) is 7. The zero-order chi connectivity index (χ0) is 22.3. The summed E-state index contributed by atoms with van der Waals surface area (Å²) in [6.07, 6.45) is -1.53. The summed E-state index contributed by atoms with van der Waals surface area (Å²) in [6, 6.07) is 0. The molecule has 0 radical (unpaired) electrons. The maximum absolute atomic E-state index is 12.5. The highest BCUT2D eigenvalue weighted by atomic mass is 28.4. The molecule has 2 heterocycles. The van der Waals surface area contributed by atoms with Gasteiger partial charge >= 0.3 is 5.97 Å². The Morgan fingerprint density at radius 3 is 2.07 bits per heavy atom. The fourth-order valence-electron chi connectivity index (χ4n) is 3.45. The van der Waals surface area contributed by atoms with Crippen LogP contribution in [0.3, 0.4) is 0 Å². The largest absolute Gasteiger partial charge is 0.464 e. The quantitative estimate of drug-likeness (QED) is 0.445. The van der Waals surface area contributed by atoms with Gasteiger partial charge in [0.2, 0.25) is 0 Å². The summed E-state index contributed by atoms with van der Waals surface area (Å²) in [6.45, 7) is 21.0. The van der Waals surface area contributed by atoms with Gasteiger partial charge in [0, 0.05) is 6.61 Å². The zero-order valence-corrected chi connectivity index (χ0v) is 20.8. The molecule has 8 heteroatoms. The molecule has 0 aromatic rings. The van der Waals surface area contributed by atoms with Gasteiger partial charge in [-0.2, -0.15) is 0 Å². The molecular weight excluding hydrogens is 392 g/mol. The van der Waals surface area contributed by atoms with Gasteiger partial charge in [0.1, 0.15) is 12.2 Å². The van der Waals surface area contributed by atoms with Crippen LogP contribution in [-0.2, 0) is 32.9 Å². The first-order valence-electron chi connectivity index (χ1n) is 10.6. The van der Waals surface area contributed by atoms with Crippen molar-refractivity contribution >= 4 is 14.3 Å². The van der Waals surface area contributed by atoms with Crippen molar-refractivity contribution in [1.29, 1.82) is 0 Å². The molecule has 0 bridgehead atoms. The normalized spacial score (nSPS) is 31.8. The van der Waals surface area contributed by atoms with Gasteiger partial charge in [0.25, 0.3) is 0 Å². The van der Waals surface area contributed by atoms with Gasteiger partial charge in [-0.3, -0.25) is 0 Å². The molecule has 2 rings (SSSR count). The summed E-state index contributed by atoms with van der Waals surface area (Å²) in [5.74, 6) is -2.12. The third-order valence-corrected chi connectivity index (χ3v) is 10.4. The number of carbonyl (C=O) groups is 1. The summed E-state index contributed by atoms with van der Waals surface area (Å²) < 4.78 is 35.8. The lowest BCUT2D eigenvalue weighted by Crippen LogP contribution is -2.46. The molecule has 0 aromatic carbocycles. The minimum atomic E-state index is -1.86. The van der Waals surface area contributed by atoms with E-state index in [1.165, 1.54) is 0 Å². The van der Waals surface area contributed by atoms with Gasteiger partial charge in [-0.15, -0.1) is 0 Å². The molecule has 0 spiro atoms. The van der Waals surface area contributed by atoms with Crippen LogP contribution in [0.5, 0.6) is 0 Å². The van der Waals surface area contributed by atoms with Crippen LogP contribution in [0.4, 0.5) is 0 Å². The topological polar surface area (TPSA) is 72.5 Å². The number of ether oxygens (including phenoxy) is 5. The molecule has 0 aliphatic carbocycles. The first-order chi connectivity index (χ1) is 13.1. The first-order valence-corrected chi connectivity index (χ1v) is 13.5. The SMILES string of the molecule is CCOC(=O)[C@H]1OC(C)(C)O[C@@H]1[C@H]1OC(C)(C)O[C@@H]1CCO[Si](C)(C)C(C)(C)C. The van der Waals surface area contributed by atoms with E-state index in [9.17, 15) is 4.79 Å². The van der Waals surface area contributed by atoms with Crippen LogP contribution in [0.1, 0.15) is 61.8 Å². The first kappa shape index (κ1) is 24.8. The van der Waals surface area contributed by atoms with Crippen molar-refractivity contribution in [3.8, 4) is 0 Å². The van der Waals surface area contributed by atoms with Gasteiger partial charge < -0.3 is 28.1 Å². The fourth-order valence-corrected chi connectivity index (χ4v) is 4.51. The predicted octanol–water partition coefficient (Wildman–Crippen LogP) is 4.00. The van der Waals surface area contributed by atoms with Crippen LogP contribution in [-0.4, -0.2) is 63.5 Å². The van der Waals surface area contributed by atoms with Crippen molar-refractivity contribution in [2.45, 2.75) is 116 Å². The summed E-state index contributed by atoms with van der Waals surface area (Å²) in [5, 5.41) is 0.139. The second-order valence-corrected chi connectivity index (χ2v) is 15.1. The van der Waals surface area contributed by atoms with E-state index >= 15 is 0 Å². The second-order valence-electron chi connectivity index (χ2n) is 10.3. The maximum atomic E-state index is 12.5. The fraction of sp³-hybridized carbons (Fsp3) is 0.952. The molecule has 2 aliphatic rings. The number of carbonyl (C=O) groups excluding carboxylic acids is 1. The number of hydrogen-bond donors (Lipinski definition) is 0. The van der Waals surface area contributed by atoms with Crippen LogP contribution in [0.25, 0.3) is 0 Å². The summed E-state index contributed by atoms with van der Waals surface area (Å²) in [7, 11) is -1.86. The molecule has 2 fully saturated rings. The Balaban J connectivity index is 2.13. The van der Waals surface area contributed by atoms with Crippen molar-refractivity contribution in [3.63, 3.8) is 0 Å². The molecule has 2 aliphatic heterocycles. The smallest absolute Gasteiger partial charge is 0.338 e. The lowest BCUT2D eigenvalue weighted by atomic mass is 10.0. The molecule has 0 amide bonds. The van der Waals surface area contributed by atoms with Gasteiger partial charge in [-0.25, -0.2) is 4.79 Å². The third-order valence-electron chi connectivity index (χ3n) is 5.86. The van der Waals surface area contributed by atoms with E-state index in [1.54, 1.807) is 20.8 Å².